The fourth-order valence-corrected chi connectivity index (χ4v) is 0.568. The van der Waals surface area contributed by atoms with Crippen molar-refractivity contribution in [2.24, 2.45) is 0 Å². The van der Waals surface area contributed by atoms with E-state index in [9.17, 15) is 12.9 Å². The second-order valence-electron chi connectivity index (χ2n) is 1.89. The van der Waals surface area contributed by atoms with Gasteiger partial charge in [-0.2, -0.15) is 0 Å². The highest BCUT2D eigenvalue weighted by molar-refractivity contribution is 6.51. The van der Waals surface area contributed by atoms with Crippen molar-refractivity contribution >= 4 is 13.4 Å². The molecule has 1 aliphatic heterocycles. The molecule has 0 aromatic heterocycles. The van der Waals surface area contributed by atoms with Crippen LogP contribution in [0.15, 0.2) is 24.1 Å². The summed E-state index contributed by atoms with van der Waals surface area (Å²) in [6.07, 6.45) is 5.21. The predicted octanol–water partition coefficient (Wildman–Crippen LogP) is -0.0903. The second kappa shape index (κ2) is 2.81. The zero-order chi connectivity index (χ0) is 8.32. The maximum absolute atomic E-state index is 11.4. The van der Waals surface area contributed by atoms with Gasteiger partial charge >= 0.3 is 7.18 Å². The van der Waals surface area contributed by atoms with Gasteiger partial charge in [0.2, 0.25) is 5.70 Å². The molecule has 0 saturated carbocycles. The number of nitrogens with one attached hydrogen (secondary N) is 1. The Morgan fingerprint density at radius 3 is 2.64 bits per heavy atom. The Morgan fingerprint density at radius 1 is 1.45 bits per heavy atom. The van der Waals surface area contributed by atoms with Gasteiger partial charge in [0.1, 0.15) is 6.26 Å². The average Bonchev–Trinajstić information content (AvgIpc) is 2.32. The molecule has 6 heteroatoms. The van der Waals surface area contributed by atoms with Crippen LogP contribution >= 0.6 is 0 Å². The molecule has 1 N–H and O–H groups in total. The van der Waals surface area contributed by atoms with Crippen molar-refractivity contribution in [3.05, 3.63) is 24.1 Å². The molecule has 0 aromatic rings. The van der Waals surface area contributed by atoms with Crippen LogP contribution in [0, 0.1) is 0 Å². The lowest BCUT2D eigenvalue weighted by atomic mass is 10.3. The van der Waals surface area contributed by atoms with Crippen LogP contribution in [0.25, 0.3) is 0 Å². The van der Waals surface area contributed by atoms with Crippen molar-refractivity contribution < 1.29 is 22.6 Å². The number of halogens is 3. The summed E-state index contributed by atoms with van der Waals surface area (Å²) in [5.41, 5.74) is 0.296. The molecule has 0 saturated heterocycles. The normalized spacial score (nSPS) is 19.7. The van der Waals surface area contributed by atoms with E-state index in [-0.39, 0.29) is 0 Å². The summed E-state index contributed by atoms with van der Waals surface area (Å²) < 4.78 is 37.8. The van der Waals surface area contributed by atoms with Crippen molar-refractivity contribution in [3.8, 4) is 0 Å². The van der Waals surface area contributed by atoms with Crippen molar-refractivity contribution in [1.29, 1.82) is 0 Å². The Morgan fingerprint density at radius 2 is 2.18 bits per heavy atom. The lowest BCUT2D eigenvalue weighted by Gasteiger charge is -2.12. The minimum absolute atomic E-state index is 0.296. The summed E-state index contributed by atoms with van der Waals surface area (Å²) in [5.74, 6) is 0. The average molecular weight is 163 g/mol. The van der Waals surface area contributed by atoms with Crippen molar-refractivity contribution in [3.63, 3.8) is 0 Å². The van der Waals surface area contributed by atoms with Gasteiger partial charge in [0.15, 0.2) is 6.21 Å². The fraction of sp³-hybridized carbons (Fsp3) is 0. The van der Waals surface area contributed by atoms with Crippen molar-refractivity contribution in [2.45, 2.75) is 0 Å². The van der Waals surface area contributed by atoms with Crippen LogP contribution in [0.4, 0.5) is 12.9 Å². The molecular weight excluding hydrogens is 158 g/mol. The minimum atomic E-state index is -5.18. The van der Waals surface area contributed by atoms with Crippen LogP contribution in [-0.2, 0) is 4.65 Å². The first-order chi connectivity index (χ1) is 5.08. The summed E-state index contributed by atoms with van der Waals surface area (Å²) in [6.45, 7) is 0. The van der Waals surface area contributed by atoms with Crippen LogP contribution in [0.3, 0.4) is 0 Å². The molecule has 11 heavy (non-hydrogen) atoms. The van der Waals surface area contributed by atoms with E-state index in [4.69, 9.17) is 0 Å². The molecule has 1 heterocycles. The lowest BCUT2D eigenvalue weighted by molar-refractivity contribution is -0.382. The highest BCUT2D eigenvalue weighted by Crippen LogP contribution is 2.10. The van der Waals surface area contributed by atoms with Gasteiger partial charge in [-0.25, -0.2) is 4.99 Å². The summed E-state index contributed by atoms with van der Waals surface area (Å²) in [6, 6.07) is 0. The van der Waals surface area contributed by atoms with E-state index in [1.54, 1.807) is 6.08 Å². The molecule has 0 spiro atoms. The summed E-state index contributed by atoms with van der Waals surface area (Å²) in [7, 11) is -5.18. The molecular formula is C5H5BF3NO. The number of rotatable bonds is 2. The van der Waals surface area contributed by atoms with E-state index in [1.165, 1.54) is 12.3 Å². The third-order valence-corrected chi connectivity index (χ3v) is 0.971. The van der Waals surface area contributed by atoms with Gasteiger partial charge in [-0.1, -0.05) is 0 Å². The van der Waals surface area contributed by atoms with E-state index in [1.807, 2.05) is 0 Å². The Kier molecular flexibility index (Phi) is 2.02. The highest BCUT2D eigenvalue weighted by Gasteiger charge is 2.26. The molecule has 0 aromatic carbocycles. The third kappa shape index (κ3) is 2.93. The maximum Gasteiger partial charge on any atom is 0.699 e. The standard InChI is InChI=1S/C5H4BF3NO/c7-6(8,9)11-4-5-2-1-3-10-5/h1-4H/q-1/p+1/b5-4-. The smallest absolute Gasteiger partial charge is 0.636 e. The first-order valence-corrected chi connectivity index (χ1v) is 2.91. The van der Waals surface area contributed by atoms with Crippen molar-refractivity contribution in [1.82, 2.24) is 0 Å². The van der Waals surface area contributed by atoms with Crippen LogP contribution in [-0.4, -0.2) is 13.4 Å². The molecule has 60 valence electrons. The van der Waals surface area contributed by atoms with E-state index in [2.05, 4.69) is 9.65 Å². The second-order valence-corrected chi connectivity index (χ2v) is 1.89. The highest BCUT2D eigenvalue weighted by atomic mass is 19.4. The molecule has 0 radical (unpaired) electrons. The molecule has 0 atom stereocenters. The van der Waals surface area contributed by atoms with Gasteiger partial charge in [0.05, 0.1) is 0 Å². The number of hydrogen-bond acceptors (Lipinski definition) is 1. The van der Waals surface area contributed by atoms with E-state index in [0.29, 0.717) is 12.0 Å². The van der Waals surface area contributed by atoms with Gasteiger partial charge in [0, 0.05) is 12.2 Å². The molecule has 2 nitrogen and oxygen atoms in total. The summed E-state index contributed by atoms with van der Waals surface area (Å²) >= 11 is 0. The van der Waals surface area contributed by atoms with E-state index >= 15 is 0 Å². The van der Waals surface area contributed by atoms with Crippen LogP contribution in [0.5, 0.6) is 0 Å². The molecule has 0 bridgehead atoms. The van der Waals surface area contributed by atoms with Crippen molar-refractivity contribution in [2.75, 3.05) is 0 Å². The first kappa shape index (κ1) is 7.91. The molecule has 0 aliphatic carbocycles. The minimum Gasteiger partial charge on any atom is -0.636 e. The zero-order valence-corrected chi connectivity index (χ0v) is 5.43. The fourth-order valence-electron chi connectivity index (χ4n) is 0.568. The summed E-state index contributed by atoms with van der Waals surface area (Å²) in [4.78, 5) is 2.54. The Bertz CT molecular complexity index is 216. The quantitative estimate of drug-likeness (QED) is 0.446. The molecule has 1 rings (SSSR count). The largest absolute Gasteiger partial charge is 0.699 e. The van der Waals surface area contributed by atoms with Crippen LogP contribution < -0.4 is 4.99 Å². The number of hydrogen-bond donors (Lipinski definition) is 1. The van der Waals surface area contributed by atoms with E-state index < -0.39 is 7.18 Å². The molecule has 0 fully saturated rings. The van der Waals surface area contributed by atoms with Gasteiger partial charge < -0.3 is 17.6 Å². The maximum atomic E-state index is 11.4. The van der Waals surface area contributed by atoms with Gasteiger partial charge in [-0.15, -0.1) is 0 Å². The topological polar surface area (TPSA) is 23.2 Å². The number of allylic oxidation sites excluding steroid dienone is 2. The van der Waals surface area contributed by atoms with Gasteiger partial charge in [0.25, 0.3) is 0 Å². The SMILES string of the molecule is F[B-](F)(F)O/C=C1/C=CC=[NH+]1. The molecule has 1 aliphatic rings. The Balaban J connectivity index is 2.48. The van der Waals surface area contributed by atoms with Gasteiger partial charge in [-0.05, 0) is 0 Å². The van der Waals surface area contributed by atoms with E-state index in [0.717, 1.165) is 0 Å². The Hall–Kier alpha value is -1.20. The summed E-state index contributed by atoms with van der Waals surface area (Å²) in [5, 5.41) is 0. The van der Waals surface area contributed by atoms with Crippen LogP contribution in [0.2, 0.25) is 0 Å². The van der Waals surface area contributed by atoms with Crippen LogP contribution in [0.1, 0.15) is 0 Å². The third-order valence-electron chi connectivity index (χ3n) is 0.971. The first-order valence-electron chi connectivity index (χ1n) is 2.91. The van der Waals surface area contributed by atoms with Gasteiger partial charge in [-0.3, -0.25) is 0 Å². The monoisotopic (exact) mass is 163 g/mol. The Labute approximate surface area is 61.2 Å². The molecule has 0 amide bonds. The zero-order valence-electron chi connectivity index (χ0n) is 5.43. The lowest BCUT2D eigenvalue weighted by Crippen LogP contribution is -2.63. The predicted molar refractivity (Wildman–Crippen MR) is 34.4 cm³/mol. The molecule has 0 unspecified atom stereocenters.